The van der Waals surface area contributed by atoms with Crippen LogP contribution in [0.15, 0.2) is 47.5 Å². The summed E-state index contributed by atoms with van der Waals surface area (Å²) in [6.45, 7) is 1.44. The molecule has 0 aliphatic carbocycles. The van der Waals surface area contributed by atoms with Gasteiger partial charge in [0.15, 0.2) is 0 Å². The van der Waals surface area contributed by atoms with Gasteiger partial charge in [-0.3, -0.25) is 0 Å². The van der Waals surface area contributed by atoms with E-state index in [4.69, 9.17) is 4.74 Å². The summed E-state index contributed by atoms with van der Waals surface area (Å²) in [4.78, 5) is 3.96. The maximum absolute atomic E-state index is 5.61. The number of nitrogens with zero attached hydrogens (tertiary/aromatic N) is 2. The van der Waals surface area contributed by atoms with Gasteiger partial charge in [-0.2, -0.15) is 0 Å². The number of halogens is 1. The highest BCUT2D eigenvalue weighted by atomic mass is 79.9. The molecule has 0 saturated heterocycles. The number of hydrogen-bond donors (Lipinski definition) is 0. The van der Waals surface area contributed by atoms with Gasteiger partial charge in [-0.1, -0.05) is 12.1 Å². The van der Waals surface area contributed by atoms with E-state index < -0.39 is 0 Å². The highest BCUT2D eigenvalue weighted by Crippen LogP contribution is 2.23. The molecule has 0 aliphatic heterocycles. The lowest BCUT2D eigenvalue weighted by atomic mass is 10.3. The van der Waals surface area contributed by atoms with Crippen molar-refractivity contribution in [1.82, 2.24) is 9.55 Å². The normalized spacial score (nSPS) is 10.2. The fourth-order valence-electron chi connectivity index (χ4n) is 1.24. The van der Waals surface area contributed by atoms with Crippen LogP contribution >= 0.6 is 15.9 Å². The van der Waals surface area contributed by atoms with E-state index in [2.05, 4.69) is 20.9 Å². The Hall–Kier alpha value is -1.29. The average Bonchev–Trinajstić information content (AvgIpc) is 2.74. The minimum atomic E-state index is 0.638. The number of benzene rings is 1. The first-order valence-corrected chi connectivity index (χ1v) is 5.48. The monoisotopic (exact) mass is 266 g/mol. The molecule has 4 heteroatoms. The van der Waals surface area contributed by atoms with Crippen LogP contribution in [0.3, 0.4) is 0 Å². The predicted molar refractivity (Wildman–Crippen MR) is 61.9 cm³/mol. The number of rotatable bonds is 4. The molecule has 78 valence electrons. The van der Waals surface area contributed by atoms with Crippen LogP contribution in [0.4, 0.5) is 0 Å². The van der Waals surface area contributed by atoms with Crippen molar-refractivity contribution in [2.75, 3.05) is 6.61 Å². The molecule has 3 nitrogen and oxygen atoms in total. The quantitative estimate of drug-likeness (QED) is 0.851. The Kier molecular flexibility index (Phi) is 3.40. The smallest absolute Gasteiger partial charge is 0.133 e. The highest BCUT2D eigenvalue weighted by molar-refractivity contribution is 9.10. The molecule has 0 N–H and O–H groups in total. The number of para-hydroxylation sites is 1. The largest absolute Gasteiger partial charge is 0.491 e. The minimum Gasteiger partial charge on any atom is -0.491 e. The summed E-state index contributed by atoms with van der Waals surface area (Å²) in [7, 11) is 0. The second-order valence-corrected chi connectivity index (χ2v) is 3.93. The van der Waals surface area contributed by atoms with Gasteiger partial charge in [-0.25, -0.2) is 4.98 Å². The Bertz CT molecular complexity index is 414. The lowest BCUT2D eigenvalue weighted by molar-refractivity contribution is 0.296. The van der Waals surface area contributed by atoms with Gasteiger partial charge >= 0.3 is 0 Å². The summed E-state index contributed by atoms with van der Waals surface area (Å²) in [6, 6.07) is 7.83. The highest BCUT2D eigenvalue weighted by Gasteiger charge is 1.98. The fraction of sp³-hybridized carbons (Fsp3) is 0.182. The SMILES string of the molecule is Brc1ccccc1OCCn1ccnc1. The summed E-state index contributed by atoms with van der Waals surface area (Å²) in [5, 5.41) is 0. The first-order chi connectivity index (χ1) is 7.36. The Morgan fingerprint density at radius 2 is 2.20 bits per heavy atom. The van der Waals surface area contributed by atoms with E-state index in [9.17, 15) is 0 Å². The molecule has 15 heavy (non-hydrogen) atoms. The predicted octanol–water partition coefficient (Wildman–Crippen LogP) is 2.72. The van der Waals surface area contributed by atoms with Crippen LogP contribution in [0.25, 0.3) is 0 Å². The molecular weight excluding hydrogens is 256 g/mol. The summed E-state index contributed by atoms with van der Waals surface area (Å²) in [5.41, 5.74) is 0. The Morgan fingerprint density at radius 1 is 1.33 bits per heavy atom. The van der Waals surface area contributed by atoms with Crippen molar-refractivity contribution >= 4 is 15.9 Å². The van der Waals surface area contributed by atoms with Crippen molar-refractivity contribution in [3.8, 4) is 5.75 Å². The third kappa shape index (κ3) is 2.83. The maximum atomic E-state index is 5.61. The molecule has 0 unspecified atom stereocenters. The molecule has 1 heterocycles. The number of ether oxygens (including phenoxy) is 1. The van der Waals surface area contributed by atoms with Crippen LogP contribution < -0.4 is 4.74 Å². The van der Waals surface area contributed by atoms with E-state index in [1.54, 1.807) is 12.5 Å². The standard InChI is InChI=1S/C11H11BrN2O/c12-10-3-1-2-4-11(10)15-8-7-14-6-5-13-9-14/h1-6,9H,7-8H2. The van der Waals surface area contributed by atoms with E-state index in [-0.39, 0.29) is 0 Å². The van der Waals surface area contributed by atoms with Crippen molar-refractivity contribution < 1.29 is 4.74 Å². The molecule has 0 fully saturated rings. The first-order valence-electron chi connectivity index (χ1n) is 4.69. The van der Waals surface area contributed by atoms with Crippen molar-refractivity contribution in [1.29, 1.82) is 0 Å². The zero-order chi connectivity index (χ0) is 10.5. The number of imidazole rings is 1. The zero-order valence-corrected chi connectivity index (χ0v) is 9.72. The summed E-state index contributed by atoms with van der Waals surface area (Å²) in [6.07, 6.45) is 5.46. The van der Waals surface area contributed by atoms with Gasteiger partial charge in [0.2, 0.25) is 0 Å². The minimum absolute atomic E-state index is 0.638. The lowest BCUT2D eigenvalue weighted by Gasteiger charge is -2.07. The molecule has 0 amide bonds. The van der Waals surface area contributed by atoms with Crippen molar-refractivity contribution in [2.45, 2.75) is 6.54 Å². The average molecular weight is 267 g/mol. The van der Waals surface area contributed by atoms with Crippen LogP contribution in [-0.2, 0) is 6.54 Å². The molecule has 1 aromatic heterocycles. The molecule has 2 aromatic rings. The van der Waals surface area contributed by atoms with Gasteiger partial charge < -0.3 is 9.30 Å². The van der Waals surface area contributed by atoms with Gasteiger partial charge in [0.25, 0.3) is 0 Å². The maximum Gasteiger partial charge on any atom is 0.133 e. The molecule has 0 spiro atoms. The van der Waals surface area contributed by atoms with Crippen LogP contribution in [0, 0.1) is 0 Å². The van der Waals surface area contributed by atoms with Crippen molar-refractivity contribution in [3.05, 3.63) is 47.5 Å². The van der Waals surface area contributed by atoms with Crippen LogP contribution in [0.5, 0.6) is 5.75 Å². The second kappa shape index (κ2) is 4.98. The lowest BCUT2D eigenvalue weighted by Crippen LogP contribution is -2.06. The van der Waals surface area contributed by atoms with Crippen LogP contribution in [-0.4, -0.2) is 16.2 Å². The van der Waals surface area contributed by atoms with Gasteiger partial charge in [-0.05, 0) is 28.1 Å². The third-order valence-electron chi connectivity index (χ3n) is 2.00. The first kappa shape index (κ1) is 10.2. The second-order valence-electron chi connectivity index (χ2n) is 3.08. The van der Waals surface area contributed by atoms with E-state index in [1.807, 2.05) is 35.0 Å². The van der Waals surface area contributed by atoms with Crippen molar-refractivity contribution in [3.63, 3.8) is 0 Å². The number of hydrogen-bond acceptors (Lipinski definition) is 2. The van der Waals surface area contributed by atoms with Crippen LogP contribution in [0.1, 0.15) is 0 Å². The van der Waals surface area contributed by atoms with E-state index in [0.717, 1.165) is 16.8 Å². The van der Waals surface area contributed by atoms with Crippen molar-refractivity contribution in [2.24, 2.45) is 0 Å². The van der Waals surface area contributed by atoms with Gasteiger partial charge in [-0.15, -0.1) is 0 Å². The molecule has 1 aromatic carbocycles. The van der Waals surface area contributed by atoms with E-state index in [0.29, 0.717) is 6.61 Å². The van der Waals surface area contributed by atoms with Gasteiger partial charge in [0.05, 0.1) is 17.3 Å². The topological polar surface area (TPSA) is 27.1 Å². The Labute approximate surface area is 96.8 Å². The van der Waals surface area contributed by atoms with E-state index >= 15 is 0 Å². The Morgan fingerprint density at radius 3 is 2.93 bits per heavy atom. The molecular formula is C11H11BrN2O. The third-order valence-corrected chi connectivity index (χ3v) is 2.66. The zero-order valence-electron chi connectivity index (χ0n) is 8.14. The fourth-order valence-corrected chi connectivity index (χ4v) is 1.64. The summed E-state index contributed by atoms with van der Waals surface area (Å²) >= 11 is 3.43. The summed E-state index contributed by atoms with van der Waals surface area (Å²) in [5.74, 6) is 0.873. The molecule has 0 bridgehead atoms. The molecule has 0 aliphatic rings. The van der Waals surface area contributed by atoms with Gasteiger partial charge in [0, 0.05) is 12.4 Å². The molecule has 0 atom stereocenters. The van der Waals surface area contributed by atoms with Crippen LogP contribution in [0.2, 0.25) is 0 Å². The summed E-state index contributed by atoms with van der Waals surface area (Å²) < 4.78 is 8.58. The van der Waals surface area contributed by atoms with Gasteiger partial charge in [0.1, 0.15) is 12.4 Å². The molecule has 0 saturated carbocycles. The molecule has 2 rings (SSSR count). The Balaban J connectivity index is 1.86. The number of aromatic nitrogens is 2. The molecule has 0 radical (unpaired) electrons. The van der Waals surface area contributed by atoms with E-state index in [1.165, 1.54) is 0 Å².